The molecule has 7 heteroatoms. The lowest BCUT2D eigenvalue weighted by Gasteiger charge is -2.16. The van der Waals surface area contributed by atoms with E-state index in [2.05, 4.69) is 9.97 Å². The Morgan fingerprint density at radius 2 is 2.12 bits per heavy atom. The Kier molecular flexibility index (Phi) is 3.93. The summed E-state index contributed by atoms with van der Waals surface area (Å²) in [7, 11) is 0. The topological polar surface area (TPSA) is 107 Å². The summed E-state index contributed by atoms with van der Waals surface area (Å²) < 4.78 is 0. The molecule has 1 aromatic heterocycles. The molecule has 1 amide bonds. The number of likely N-dealkylation sites (tertiary alicyclic amines) is 1. The molecule has 1 spiro atoms. The second-order valence-corrected chi connectivity index (χ2v) is 7.20. The lowest BCUT2D eigenvalue weighted by Crippen LogP contribution is -2.34. The summed E-state index contributed by atoms with van der Waals surface area (Å²) in [5.41, 5.74) is -0.0180. The molecular weight excluding hydrogens is 334 g/mol. The van der Waals surface area contributed by atoms with Crippen molar-refractivity contribution in [2.45, 2.75) is 18.9 Å². The van der Waals surface area contributed by atoms with E-state index in [1.165, 1.54) is 11.1 Å². The number of H-pyrrole nitrogens is 1. The summed E-state index contributed by atoms with van der Waals surface area (Å²) in [4.78, 5) is 32.8. The van der Waals surface area contributed by atoms with Gasteiger partial charge in [0.2, 0.25) is 0 Å². The molecule has 2 aliphatic rings. The van der Waals surface area contributed by atoms with E-state index in [0.717, 1.165) is 5.56 Å². The van der Waals surface area contributed by atoms with Gasteiger partial charge in [-0.25, -0.2) is 4.98 Å². The number of nitrogens with zero attached hydrogens (tertiary/aromatic N) is 2. The Bertz CT molecular complexity index is 897. The first kappa shape index (κ1) is 16.9. The molecule has 4 atom stereocenters. The second kappa shape index (κ2) is 6.03. The quantitative estimate of drug-likeness (QED) is 0.734. The maximum Gasteiger partial charge on any atom is 0.263 e. The lowest BCUT2D eigenvalue weighted by atomic mass is 9.95. The van der Waals surface area contributed by atoms with Crippen LogP contribution in [0.25, 0.3) is 0 Å². The van der Waals surface area contributed by atoms with Crippen molar-refractivity contribution in [3.63, 3.8) is 0 Å². The summed E-state index contributed by atoms with van der Waals surface area (Å²) in [5.74, 6) is -0.107. The molecule has 26 heavy (non-hydrogen) atoms. The van der Waals surface area contributed by atoms with Gasteiger partial charge in [-0.05, 0) is 24.3 Å². The molecule has 1 saturated heterocycles. The molecule has 7 nitrogen and oxygen atoms in total. The minimum absolute atomic E-state index is 0.00377. The molecule has 4 rings (SSSR count). The number of aliphatic hydroxyl groups excluding tert-OH is 2. The summed E-state index contributed by atoms with van der Waals surface area (Å²) in [6, 6.07) is 9.74. The van der Waals surface area contributed by atoms with Gasteiger partial charge in [0, 0.05) is 31.3 Å². The van der Waals surface area contributed by atoms with Gasteiger partial charge >= 0.3 is 0 Å². The van der Waals surface area contributed by atoms with Crippen molar-refractivity contribution in [1.82, 2.24) is 14.9 Å². The van der Waals surface area contributed by atoms with Crippen molar-refractivity contribution in [1.29, 1.82) is 0 Å². The zero-order chi connectivity index (χ0) is 18.5. The third-order valence-corrected chi connectivity index (χ3v) is 5.84. The third-order valence-electron chi connectivity index (χ3n) is 5.84. The van der Waals surface area contributed by atoms with Crippen molar-refractivity contribution in [2.75, 3.05) is 19.7 Å². The minimum Gasteiger partial charge on any atom is -0.396 e. The van der Waals surface area contributed by atoms with Crippen LogP contribution in [0.5, 0.6) is 0 Å². The first-order valence-corrected chi connectivity index (χ1v) is 8.68. The fourth-order valence-corrected chi connectivity index (χ4v) is 4.53. The lowest BCUT2D eigenvalue weighted by molar-refractivity contribution is 0.0761. The first-order chi connectivity index (χ1) is 12.5. The largest absolute Gasteiger partial charge is 0.396 e. The predicted octanol–water partition coefficient (Wildman–Crippen LogP) is 0.287. The van der Waals surface area contributed by atoms with Gasteiger partial charge in [0.1, 0.15) is 11.4 Å². The summed E-state index contributed by atoms with van der Waals surface area (Å²) in [5, 5.41) is 20.5. The van der Waals surface area contributed by atoms with Gasteiger partial charge in [-0.15, -0.1) is 0 Å². The van der Waals surface area contributed by atoms with Crippen LogP contribution in [-0.4, -0.2) is 56.8 Å². The number of nitrogens with one attached hydrogen (secondary N) is 1. The van der Waals surface area contributed by atoms with Crippen LogP contribution in [0.15, 0.2) is 41.3 Å². The van der Waals surface area contributed by atoms with Crippen molar-refractivity contribution in [3.8, 4) is 0 Å². The first-order valence-electron chi connectivity index (χ1n) is 8.68. The number of β-amino-alcohol motifs (C(OH)–C–C–N with tert-alkyl or cyclic N) is 1. The van der Waals surface area contributed by atoms with Crippen LogP contribution in [0.1, 0.15) is 27.7 Å². The standard InChI is InChI=1S/C19H21N3O4/c1-11-20-7-13(17(25)21-11)18(26)22-8-15(24)19(10-22)14(9-23)16(19)12-5-3-2-4-6-12/h2-7,14-16,23-24H,8-10H2,1H3,(H,20,21,25)/t14-,15+,16-,19-/m1/s1. The fraction of sp³-hybridized carbons (Fsp3) is 0.421. The molecule has 136 valence electrons. The molecule has 1 aliphatic heterocycles. The predicted molar refractivity (Wildman–Crippen MR) is 93.7 cm³/mol. The van der Waals surface area contributed by atoms with Crippen LogP contribution in [0, 0.1) is 18.3 Å². The number of benzene rings is 1. The second-order valence-electron chi connectivity index (χ2n) is 7.20. The van der Waals surface area contributed by atoms with Gasteiger partial charge in [0.25, 0.3) is 11.5 Å². The Hall–Kier alpha value is -2.51. The Balaban J connectivity index is 1.62. The number of aromatic nitrogens is 2. The number of rotatable bonds is 3. The molecule has 1 saturated carbocycles. The average molecular weight is 355 g/mol. The minimum atomic E-state index is -0.744. The van der Waals surface area contributed by atoms with E-state index in [0.29, 0.717) is 12.4 Å². The monoisotopic (exact) mass is 355 g/mol. The Labute approximate surface area is 150 Å². The van der Waals surface area contributed by atoms with E-state index >= 15 is 0 Å². The number of hydrogen-bond acceptors (Lipinski definition) is 5. The maximum atomic E-state index is 12.8. The summed E-state index contributed by atoms with van der Waals surface area (Å²) in [6.45, 7) is 2.05. The highest BCUT2D eigenvalue weighted by Crippen LogP contribution is 2.68. The van der Waals surface area contributed by atoms with E-state index in [1.54, 1.807) is 6.92 Å². The maximum absolute atomic E-state index is 12.8. The molecule has 2 heterocycles. The molecule has 2 fully saturated rings. The number of aryl methyl sites for hydroxylation is 1. The van der Waals surface area contributed by atoms with Crippen molar-refractivity contribution >= 4 is 5.91 Å². The molecule has 0 unspecified atom stereocenters. The van der Waals surface area contributed by atoms with Gasteiger partial charge in [0.15, 0.2) is 0 Å². The van der Waals surface area contributed by atoms with Crippen LogP contribution < -0.4 is 5.56 Å². The van der Waals surface area contributed by atoms with Gasteiger partial charge in [-0.3, -0.25) is 9.59 Å². The van der Waals surface area contributed by atoms with E-state index in [9.17, 15) is 19.8 Å². The number of aromatic amines is 1. The van der Waals surface area contributed by atoms with Gasteiger partial charge in [-0.2, -0.15) is 0 Å². The van der Waals surface area contributed by atoms with E-state index < -0.39 is 23.0 Å². The Morgan fingerprint density at radius 3 is 2.77 bits per heavy atom. The van der Waals surface area contributed by atoms with Crippen LogP contribution in [0.2, 0.25) is 0 Å². The molecule has 1 aromatic carbocycles. The molecule has 0 bridgehead atoms. The normalized spacial score (nSPS) is 30.0. The molecule has 3 N–H and O–H groups in total. The number of carbonyl (C=O) groups is 1. The van der Waals surface area contributed by atoms with Crippen LogP contribution >= 0.6 is 0 Å². The van der Waals surface area contributed by atoms with Gasteiger partial charge in [-0.1, -0.05) is 30.3 Å². The SMILES string of the molecule is Cc1ncc(C(=O)N2C[C@H](O)[C@@]3(C2)[C@H](CO)[C@H]3c2ccccc2)c(=O)[nH]1. The van der Waals surface area contributed by atoms with E-state index in [4.69, 9.17) is 0 Å². The highest BCUT2D eigenvalue weighted by atomic mass is 16.3. The van der Waals surface area contributed by atoms with Crippen LogP contribution in [0.4, 0.5) is 0 Å². The number of aliphatic hydroxyl groups is 2. The zero-order valence-electron chi connectivity index (χ0n) is 14.4. The van der Waals surface area contributed by atoms with Gasteiger partial charge < -0.3 is 20.1 Å². The van der Waals surface area contributed by atoms with Crippen molar-refractivity contribution in [3.05, 3.63) is 63.8 Å². The highest BCUT2D eigenvalue weighted by molar-refractivity contribution is 5.94. The summed E-state index contributed by atoms with van der Waals surface area (Å²) in [6.07, 6.45) is 0.533. The number of hydrogen-bond donors (Lipinski definition) is 3. The van der Waals surface area contributed by atoms with Crippen LogP contribution in [-0.2, 0) is 0 Å². The van der Waals surface area contributed by atoms with Gasteiger partial charge in [0.05, 0.1) is 6.10 Å². The molecule has 2 aromatic rings. The number of carbonyl (C=O) groups excluding carboxylic acids is 1. The fourth-order valence-electron chi connectivity index (χ4n) is 4.53. The average Bonchev–Trinajstić information content (AvgIpc) is 3.16. The van der Waals surface area contributed by atoms with Crippen molar-refractivity contribution < 1.29 is 15.0 Å². The summed E-state index contributed by atoms with van der Waals surface area (Å²) >= 11 is 0. The van der Waals surface area contributed by atoms with E-state index in [-0.39, 0.29) is 30.6 Å². The molecule has 1 aliphatic carbocycles. The Morgan fingerprint density at radius 1 is 1.38 bits per heavy atom. The third kappa shape index (κ3) is 2.39. The smallest absolute Gasteiger partial charge is 0.263 e. The highest BCUT2D eigenvalue weighted by Gasteiger charge is 2.71. The molecular formula is C19H21N3O4. The van der Waals surface area contributed by atoms with Crippen LogP contribution in [0.3, 0.4) is 0 Å². The van der Waals surface area contributed by atoms with Crippen molar-refractivity contribution in [2.24, 2.45) is 11.3 Å². The van der Waals surface area contributed by atoms with E-state index in [1.807, 2.05) is 30.3 Å². The number of amides is 1. The molecule has 0 radical (unpaired) electrons. The zero-order valence-corrected chi connectivity index (χ0v) is 14.4.